The maximum Gasteiger partial charge on any atom is 0.119 e. The molecule has 2 rings (SSSR count). The van der Waals surface area contributed by atoms with E-state index in [1.165, 1.54) is 22.0 Å². The number of ether oxygens (including phenoxy) is 1. The summed E-state index contributed by atoms with van der Waals surface area (Å²) in [6.45, 7) is 7.29. The van der Waals surface area contributed by atoms with Crippen molar-refractivity contribution in [3.8, 4) is 5.75 Å². The van der Waals surface area contributed by atoms with Gasteiger partial charge in [-0.15, -0.1) is 5.10 Å². The maximum absolute atomic E-state index is 5.32. The zero-order chi connectivity index (χ0) is 14.5. The van der Waals surface area contributed by atoms with Gasteiger partial charge in [0.05, 0.1) is 23.7 Å². The molecule has 1 aromatic heterocycles. The van der Waals surface area contributed by atoms with E-state index in [2.05, 4.69) is 47.8 Å². The van der Waals surface area contributed by atoms with E-state index in [1.807, 2.05) is 12.1 Å². The third-order valence-corrected chi connectivity index (χ3v) is 3.99. The molecule has 0 aliphatic heterocycles. The molecule has 1 heterocycles. The minimum absolute atomic E-state index is 0.118. The highest BCUT2D eigenvalue weighted by atomic mass is 32.1. The van der Waals surface area contributed by atoms with Crippen molar-refractivity contribution >= 4 is 11.5 Å². The van der Waals surface area contributed by atoms with Gasteiger partial charge in [0.1, 0.15) is 5.75 Å². The van der Waals surface area contributed by atoms with Crippen molar-refractivity contribution in [3.05, 3.63) is 40.4 Å². The zero-order valence-corrected chi connectivity index (χ0v) is 13.2. The summed E-state index contributed by atoms with van der Waals surface area (Å²) in [6.07, 6.45) is 0. The molecule has 2 aromatic rings. The van der Waals surface area contributed by atoms with Gasteiger partial charge in [0.2, 0.25) is 0 Å². The van der Waals surface area contributed by atoms with Crippen molar-refractivity contribution in [2.24, 2.45) is 0 Å². The van der Waals surface area contributed by atoms with Crippen molar-refractivity contribution in [3.63, 3.8) is 0 Å². The number of aromatic nitrogens is 2. The van der Waals surface area contributed by atoms with Crippen molar-refractivity contribution in [1.82, 2.24) is 14.9 Å². The van der Waals surface area contributed by atoms with E-state index in [0.717, 1.165) is 18.0 Å². The first-order valence-corrected chi connectivity index (χ1v) is 7.64. The van der Waals surface area contributed by atoms with Gasteiger partial charge in [0.15, 0.2) is 0 Å². The number of rotatable bonds is 6. The Morgan fingerprint density at radius 1 is 1.35 bits per heavy atom. The normalized spacial score (nSPS) is 12.7. The van der Waals surface area contributed by atoms with Crippen LogP contribution in [-0.4, -0.2) is 23.2 Å². The fourth-order valence-electron chi connectivity index (χ4n) is 2.19. The molecular weight excluding hydrogens is 270 g/mol. The summed E-state index contributed by atoms with van der Waals surface area (Å²) in [7, 11) is 1.69. The topological polar surface area (TPSA) is 47.0 Å². The third kappa shape index (κ3) is 3.16. The van der Waals surface area contributed by atoms with Gasteiger partial charge in [-0.3, -0.25) is 0 Å². The summed E-state index contributed by atoms with van der Waals surface area (Å²) < 4.78 is 9.46. The highest BCUT2D eigenvalue weighted by Gasteiger charge is 2.22. The van der Waals surface area contributed by atoms with Gasteiger partial charge in [-0.1, -0.05) is 37.4 Å². The average molecular weight is 291 g/mol. The zero-order valence-electron chi connectivity index (χ0n) is 12.4. The fourth-order valence-corrected chi connectivity index (χ4v) is 3.10. The first-order valence-electron chi connectivity index (χ1n) is 6.86. The molecule has 4 nitrogen and oxygen atoms in total. The van der Waals surface area contributed by atoms with Crippen LogP contribution in [0, 0.1) is 0 Å². The molecule has 1 unspecified atom stereocenters. The lowest BCUT2D eigenvalue weighted by Gasteiger charge is -2.19. The van der Waals surface area contributed by atoms with Crippen LogP contribution in [-0.2, 0) is 0 Å². The van der Waals surface area contributed by atoms with Crippen LogP contribution in [0.2, 0.25) is 0 Å². The van der Waals surface area contributed by atoms with E-state index in [-0.39, 0.29) is 6.04 Å². The molecule has 20 heavy (non-hydrogen) atoms. The Morgan fingerprint density at radius 3 is 2.80 bits per heavy atom. The van der Waals surface area contributed by atoms with Crippen LogP contribution in [0.3, 0.4) is 0 Å². The second-order valence-electron chi connectivity index (χ2n) is 4.94. The Balaban J connectivity index is 2.42. The van der Waals surface area contributed by atoms with E-state index < -0.39 is 0 Å². The molecule has 0 aliphatic carbocycles. The Labute approximate surface area is 124 Å². The Hall–Kier alpha value is -1.46. The standard InChI is InChI=1S/C15H21N3OS/c1-5-16-14(11-7-6-8-12(9-11)19-4)15-13(10(2)3)17-18-20-15/h6-10,14,16H,5H2,1-4H3. The molecule has 0 saturated heterocycles. The molecule has 5 heteroatoms. The Morgan fingerprint density at radius 2 is 2.15 bits per heavy atom. The van der Waals surface area contributed by atoms with Crippen LogP contribution in [0.15, 0.2) is 24.3 Å². The van der Waals surface area contributed by atoms with Gasteiger partial charge in [-0.25, -0.2) is 0 Å². The molecule has 0 amide bonds. The summed E-state index contributed by atoms with van der Waals surface area (Å²) in [6, 6.07) is 8.27. The molecule has 0 saturated carbocycles. The lowest BCUT2D eigenvalue weighted by Crippen LogP contribution is -2.22. The lowest BCUT2D eigenvalue weighted by molar-refractivity contribution is 0.413. The van der Waals surface area contributed by atoms with Gasteiger partial charge >= 0.3 is 0 Å². The SMILES string of the molecule is CCNC(c1cccc(OC)c1)c1snnc1C(C)C. The quantitative estimate of drug-likeness (QED) is 0.886. The van der Waals surface area contributed by atoms with E-state index in [4.69, 9.17) is 4.74 Å². The predicted molar refractivity (Wildman–Crippen MR) is 82.5 cm³/mol. The summed E-state index contributed by atoms with van der Waals surface area (Å²) >= 11 is 1.47. The highest BCUT2D eigenvalue weighted by Crippen LogP contribution is 2.32. The largest absolute Gasteiger partial charge is 0.497 e. The summed E-state index contributed by atoms with van der Waals surface area (Å²) in [4.78, 5) is 1.19. The van der Waals surface area contributed by atoms with Gasteiger partial charge < -0.3 is 10.1 Å². The van der Waals surface area contributed by atoms with Gasteiger partial charge in [-0.05, 0) is 41.7 Å². The molecule has 108 valence electrons. The van der Waals surface area contributed by atoms with Crippen molar-refractivity contribution in [2.75, 3.05) is 13.7 Å². The molecular formula is C15H21N3OS. The highest BCUT2D eigenvalue weighted by molar-refractivity contribution is 7.05. The maximum atomic E-state index is 5.32. The monoisotopic (exact) mass is 291 g/mol. The molecule has 0 fully saturated rings. The van der Waals surface area contributed by atoms with Crippen molar-refractivity contribution < 1.29 is 4.74 Å². The average Bonchev–Trinajstić information content (AvgIpc) is 2.94. The van der Waals surface area contributed by atoms with Crippen molar-refractivity contribution in [2.45, 2.75) is 32.7 Å². The van der Waals surface area contributed by atoms with E-state index in [0.29, 0.717) is 5.92 Å². The van der Waals surface area contributed by atoms with E-state index in [1.54, 1.807) is 7.11 Å². The Kier molecular flexibility index (Phi) is 5.09. The first kappa shape index (κ1) is 14.9. The number of nitrogens with one attached hydrogen (secondary N) is 1. The molecule has 0 spiro atoms. The molecule has 1 atom stereocenters. The number of hydrogen-bond donors (Lipinski definition) is 1. The van der Waals surface area contributed by atoms with Crippen LogP contribution in [0.1, 0.15) is 48.9 Å². The Bertz CT molecular complexity index is 554. The second kappa shape index (κ2) is 6.81. The minimum Gasteiger partial charge on any atom is -0.497 e. The third-order valence-electron chi connectivity index (χ3n) is 3.18. The van der Waals surface area contributed by atoms with E-state index >= 15 is 0 Å². The molecule has 1 aromatic carbocycles. The molecule has 1 N–H and O–H groups in total. The number of methoxy groups -OCH3 is 1. The van der Waals surface area contributed by atoms with Gasteiger partial charge in [0.25, 0.3) is 0 Å². The van der Waals surface area contributed by atoms with Crippen LogP contribution >= 0.6 is 11.5 Å². The minimum atomic E-state index is 0.118. The fraction of sp³-hybridized carbons (Fsp3) is 0.467. The second-order valence-corrected chi connectivity index (χ2v) is 5.73. The summed E-state index contributed by atoms with van der Waals surface area (Å²) in [5, 5.41) is 7.81. The predicted octanol–water partition coefficient (Wildman–Crippen LogP) is 3.37. The lowest BCUT2D eigenvalue weighted by atomic mass is 10.00. The van der Waals surface area contributed by atoms with Gasteiger partial charge in [0, 0.05) is 0 Å². The molecule has 0 aliphatic rings. The number of hydrogen-bond acceptors (Lipinski definition) is 5. The summed E-state index contributed by atoms with van der Waals surface area (Å²) in [5.41, 5.74) is 2.25. The van der Waals surface area contributed by atoms with E-state index in [9.17, 15) is 0 Å². The van der Waals surface area contributed by atoms with Gasteiger partial charge in [-0.2, -0.15) is 0 Å². The smallest absolute Gasteiger partial charge is 0.119 e. The molecule has 0 radical (unpaired) electrons. The van der Waals surface area contributed by atoms with Crippen LogP contribution < -0.4 is 10.1 Å². The van der Waals surface area contributed by atoms with Crippen LogP contribution in [0.5, 0.6) is 5.75 Å². The van der Waals surface area contributed by atoms with Crippen molar-refractivity contribution in [1.29, 1.82) is 0 Å². The first-order chi connectivity index (χ1) is 9.67. The van der Waals surface area contributed by atoms with Crippen LogP contribution in [0.4, 0.5) is 0 Å². The molecule has 0 bridgehead atoms. The number of benzene rings is 1. The van der Waals surface area contributed by atoms with Crippen LogP contribution in [0.25, 0.3) is 0 Å². The number of nitrogens with zero attached hydrogens (tertiary/aromatic N) is 2. The summed E-state index contributed by atoms with van der Waals surface area (Å²) in [5.74, 6) is 1.24.